The monoisotopic (exact) mass is 314 g/mol. The summed E-state index contributed by atoms with van der Waals surface area (Å²) in [5.74, 6) is -3.85. The molecule has 1 aromatic carbocycles. The number of rotatable bonds is 5. The van der Waals surface area contributed by atoms with E-state index < -0.39 is 34.7 Å². The van der Waals surface area contributed by atoms with Gasteiger partial charge in [-0.2, -0.15) is 0 Å². The standard InChI is InChI=1S/C15H20F2N2O3/c1-4-9(2)15(3,22)8-18-13(20)14(21)19-12-7-10(16)5-6-11(12)17/h5-7,9,22H,4,8H2,1-3H3,(H,18,20)(H,19,21)/t9-,15-/m1/s1. The Hall–Kier alpha value is -2.02. The molecule has 7 heteroatoms. The fraction of sp³-hybridized carbons (Fsp3) is 0.467. The van der Waals surface area contributed by atoms with E-state index in [0.717, 1.165) is 18.2 Å². The van der Waals surface area contributed by atoms with Crippen molar-refractivity contribution in [2.24, 2.45) is 5.92 Å². The van der Waals surface area contributed by atoms with Crippen molar-refractivity contribution in [1.29, 1.82) is 0 Å². The van der Waals surface area contributed by atoms with E-state index in [4.69, 9.17) is 0 Å². The molecule has 1 aromatic rings. The Morgan fingerprint density at radius 1 is 1.32 bits per heavy atom. The van der Waals surface area contributed by atoms with E-state index in [1.165, 1.54) is 0 Å². The van der Waals surface area contributed by atoms with Crippen molar-refractivity contribution in [1.82, 2.24) is 5.32 Å². The van der Waals surface area contributed by atoms with Gasteiger partial charge >= 0.3 is 11.8 Å². The molecule has 122 valence electrons. The van der Waals surface area contributed by atoms with Gasteiger partial charge in [-0.05, 0) is 25.0 Å². The van der Waals surface area contributed by atoms with Crippen LogP contribution in [-0.2, 0) is 9.59 Å². The molecule has 22 heavy (non-hydrogen) atoms. The predicted molar refractivity (Wildman–Crippen MR) is 78.1 cm³/mol. The second-order valence-corrected chi connectivity index (χ2v) is 5.43. The van der Waals surface area contributed by atoms with Gasteiger partial charge in [0.25, 0.3) is 0 Å². The molecule has 2 amide bonds. The lowest BCUT2D eigenvalue weighted by atomic mass is 9.89. The minimum Gasteiger partial charge on any atom is -0.388 e. The van der Waals surface area contributed by atoms with Gasteiger partial charge in [0.15, 0.2) is 0 Å². The first-order valence-corrected chi connectivity index (χ1v) is 6.94. The number of nitrogens with one attached hydrogen (secondary N) is 2. The normalized spacial score (nSPS) is 14.8. The number of amides is 2. The van der Waals surface area contributed by atoms with Crippen LogP contribution in [0, 0.1) is 17.6 Å². The Kier molecular flexibility index (Phi) is 5.99. The third-order valence-electron chi connectivity index (χ3n) is 3.66. The maximum atomic E-state index is 13.4. The molecule has 0 bridgehead atoms. The van der Waals surface area contributed by atoms with Crippen LogP contribution in [0.5, 0.6) is 0 Å². The van der Waals surface area contributed by atoms with Crippen LogP contribution < -0.4 is 10.6 Å². The van der Waals surface area contributed by atoms with E-state index in [2.05, 4.69) is 5.32 Å². The van der Waals surface area contributed by atoms with Gasteiger partial charge in [-0.3, -0.25) is 9.59 Å². The number of carbonyl (C=O) groups excluding carboxylic acids is 2. The molecule has 0 aromatic heterocycles. The summed E-state index contributed by atoms with van der Waals surface area (Å²) in [7, 11) is 0. The van der Waals surface area contributed by atoms with Gasteiger partial charge in [0.2, 0.25) is 0 Å². The molecule has 0 spiro atoms. The van der Waals surface area contributed by atoms with Crippen molar-refractivity contribution < 1.29 is 23.5 Å². The van der Waals surface area contributed by atoms with E-state index in [0.29, 0.717) is 6.42 Å². The number of hydrogen-bond donors (Lipinski definition) is 3. The average Bonchev–Trinajstić information content (AvgIpc) is 2.47. The van der Waals surface area contributed by atoms with Crippen molar-refractivity contribution in [3.05, 3.63) is 29.8 Å². The molecule has 0 unspecified atom stereocenters. The number of benzene rings is 1. The smallest absolute Gasteiger partial charge is 0.313 e. The van der Waals surface area contributed by atoms with Crippen LogP contribution in [-0.4, -0.2) is 29.1 Å². The Morgan fingerprint density at radius 3 is 2.55 bits per heavy atom. The summed E-state index contributed by atoms with van der Waals surface area (Å²) in [6.07, 6.45) is 0.698. The van der Waals surface area contributed by atoms with E-state index in [9.17, 15) is 23.5 Å². The summed E-state index contributed by atoms with van der Waals surface area (Å²) < 4.78 is 26.3. The van der Waals surface area contributed by atoms with Gasteiger partial charge in [-0.15, -0.1) is 0 Å². The van der Waals surface area contributed by atoms with E-state index in [1.54, 1.807) is 6.92 Å². The van der Waals surface area contributed by atoms with Gasteiger partial charge in [0.05, 0.1) is 11.3 Å². The molecule has 5 nitrogen and oxygen atoms in total. The minimum absolute atomic E-state index is 0.0866. The molecule has 0 fully saturated rings. The molecule has 0 radical (unpaired) electrons. The molecular formula is C15H20F2N2O3. The fourth-order valence-electron chi connectivity index (χ4n) is 1.73. The van der Waals surface area contributed by atoms with Crippen LogP contribution in [0.1, 0.15) is 27.2 Å². The maximum absolute atomic E-state index is 13.4. The molecule has 2 atom stereocenters. The highest BCUT2D eigenvalue weighted by atomic mass is 19.1. The highest BCUT2D eigenvalue weighted by Crippen LogP contribution is 2.19. The van der Waals surface area contributed by atoms with Crippen LogP contribution in [0.4, 0.5) is 14.5 Å². The summed E-state index contributed by atoms with van der Waals surface area (Å²) in [5, 5.41) is 14.4. The quantitative estimate of drug-likeness (QED) is 0.725. The van der Waals surface area contributed by atoms with Gasteiger partial charge < -0.3 is 15.7 Å². The van der Waals surface area contributed by atoms with Gasteiger partial charge in [0.1, 0.15) is 11.6 Å². The Bertz CT molecular complexity index is 562. The van der Waals surface area contributed by atoms with Crippen LogP contribution in [0.3, 0.4) is 0 Å². The van der Waals surface area contributed by atoms with Crippen LogP contribution in [0.25, 0.3) is 0 Å². The zero-order valence-electron chi connectivity index (χ0n) is 12.7. The van der Waals surface area contributed by atoms with E-state index in [-0.39, 0.29) is 12.5 Å². The zero-order valence-corrected chi connectivity index (χ0v) is 12.7. The molecule has 0 saturated heterocycles. The number of carbonyl (C=O) groups is 2. The molecule has 0 aliphatic rings. The number of anilines is 1. The van der Waals surface area contributed by atoms with E-state index >= 15 is 0 Å². The Morgan fingerprint density at radius 2 is 1.95 bits per heavy atom. The van der Waals surface area contributed by atoms with Crippen LogP contribution in [0.15, 0.2) is 18.2 Å². The first-order valence-electron chi connectivity index (χ1n) is 6.94. The zero-order chi connectivity index (χ0) is 16.9. The van der Waals surface area contributed by atoms with E-state index in [1.807, 2.05) is 19.2 Å². The first kappa shape index (κ1) is 18.0. The van der Waals surface area contributed by atoms with Crippen molar-refractivity contribution in [3.63, 3.8) is 0 Å². The summed E-state index contributed by atoms with van der Waals surface area (Å²) in [6, 6.07) is 2.51. The topological polar surface area (TPSA) is 78.4 Å². The lowest BCUT2D eigenvalue weighted by Crippen LogP contribution is -2.47. The average molecular weight is 314 g/mol. The van der Waals surface area contributed by atoms with Crippen LogP contribution >= 0.6 is 0 Å². The number of aliphatic hydroxyl groups is 1. The van der Waals surface area contributed by atoms with Gasteiger partial charge in [-0.1, -0.05) is 20.3 Å². The predicted octanol–water partition coefficient (Wildman–Crippen LogP) is 1.82. The lowest BCUT2D eigenvalue weighted by Gasteiger charge is -2.29. The van der Waals surface area contributed by atoms with Crippen molar-refractivity contribution in [3.8, 4) is 0 Å². The third-order valence-corrected chi connectivity index (χ3v) is 3.66. The Balaban J connectivity index is 2.63. The molecule has 3 N–H and O–H groups in total. The van der Waals surface area contributed by atoms with Gasteiger partial charge in [0, 0.05) is 12.6 Å². The second-order valence-electron chi connectivity index (χ2n) is 5.43. The van der Waals surface area contributed by atoms with Crippen molar-refractivity contribution in [2.75, 3.05) is 11.9 Å². The number of halogens is 2. The molecule has 0 aliphatic heterocycles. The molecule has 0 heterocycles. The van der Waals surface area contributed by atoms with Gasteiger partial charge in [-0.25, -0.2) is 8.78 Å². The summed E-state index contributed by atoms with van der Waals surface area (Å²) in [6.45, 7) is 5.13. The molecule has 0 saturated carbocycles. The first-order chi connectivity index (χ1) is 10.2. The largest absolute Gasteiger partial charge is 0.388 e. The number of hydrogen-bond acceptors (Lipinski definition) is 3. The fourth-order valence-corrected chi connectivity index (χ4v) is 1.73. The summed E-state index contributed by atoms with van der Waals surface area (Å²) >= 11 is 0. The summed E-state index contributed by atoms with van der Waals surface area (Å²) in [5.41, 5.74) is -1.59. The maximum Gasteiger partial charge on any atom is 0.313 e. The second kappa shape index (κ2) is 7.31. The van der Waals surface area contributed by atoms with Crippen LogP contribution in [0.2, 0.25) is 0 Å². The highest BCUT2D eigenvalue weighted by molar-refractivity contribution is 6.39. The lowest BCUT2D eigenvalue weighted by molar-refractivity contribution is -0.137. The molecule has 1 rings (SSSR count). The molecule has 0 aliphatic carbocycles. The minimum atomic E-state index is -1.17. The van der Waals surface area contributed by atoms with Crippen molar-refractivity contribution >= 4 is 17.5 Å². The third kappa shape index (κ3) is 4.77. The van der Waals surface area contributed by atoms with Crippen molar-refractivity contribution in [2.45, 2.75) is 32.8 Å². The molecular weight excluding hydrogens is 294 g/mol. The highest BCUT2D eigenvalue weighted by Gasteiger charge is 2.28. The summed E-state index contributed by atoms with van der Waals surface area (Å²) in [4.78, 5) is 23.3. The SMILES string of the molecule is CC[C@@H](C)[C@](C)(O)CNC(=O)C(=O)Nc1cc(F)ccc1F. The Labute approximate surface area is 127 Å².